The molecule has 3 heteroatoms. The first-order valence-corrected chi connectivity index (χ1v) is 5.49. The molecule has 0 atom stereocenters. The predicted molar refractivity (Wildman–Crippen MR) is 58.7 cm³/mol. The van der Waals surface area contributed by atoms with Crippen LogP contribution in [0.2, 0.25) is 0 Å². The minimum Gasteiger partial charge on any atom is -0.494 e. The van der Waals surface area contributed by atoms with E-state index in [1.54, 1.807) is 11.8 Å². The maximum Gasteiger partial charge on any atom is 0.122 e. The molecule has 1 aromatic rings. The molecule has 0 spiro atoms. The van der Waals surface area contributed by atoms with Gasteiger partial charge in [0.2, 0.25) is 0 Å². The van der Waals surface area contributed by atoms with Crippen molar-refractivity contribution in [3.05, 3.63) is 23.8 Å². The van der Waals surface area contributed by atoms with Crippen LogP contribution in [-0.2, 0) is 0 Å². The molecule has 74 valence electrons. The van der Waals surface area contributed by atoms with Crippen molar-refractivity contribution < 1.29 is 4.74 Å². The molecule has 0 amide bonds. The van der Waals surface area contributed by atoms with Crippen LogP contribution in [0, 0.1) is 18.3 Å². The smallest absolute Gasteiger partial charge is 0.122 e. The average Bonchev–Trinajstić information content (AvgIpc) is 2.19. The van der Waals surface area contributed by atoms with Gasteiger partial charge in [0, 0.05) is 4.90 Å². The summed E-state index contributed by atoms with van der Waals surface area (Å²) in [6.07, 6.45) is 0. The van der Waals surface area contributed by atoms with Gasteiger partial charge in [-0.25, -0.2) is 0 Å². The lowest BCUT2D eigenvalue weighted by Gasteiger charge is -2.07. The monoisotopic (exact) mass is 207 g/mol. The van der Waals surface area contributed by atoms with Crippen molar-refractivity contribution in [1.82, 2.24) is 0 Å². The van der Waals surface area contributed by atoms with Crippen LogP contribution < -0.4 is 4.74 Å². The van der Waals surface area contributed by atoms with Crippen molar-refractivity contribution in [2.24, 2.45) is 0 Å². The van der Waals surface area contributed by atoms with Gasteiger partial charge in [0.15, 0.2) is 0 Å². The fraction of sp³-hybridized carbons (Fsp3) is 0.364. The second-order valence-corrected chi connectivity index (χ2v) is 3.86. The highest BCUT2D eigenvalue weighted by Gasteiger charge is 2.00. The summed E-state index contributed by atoms with van der Waals surface area (Å²) in [7, 11) is 0. The Morgan fingerprint density at radius 1 is 1.50 bits per heavy atom. The molecule has 0 heterocycles. The Labute approximate surface area is 88.9 Å². The lowest BCUT2D eigenvalue weighted by Crippen LogP contribution is -1.93. The molecule has 0 aromatic heterocycles. The zero-order chi connectivity index (χ0) is 10.4. The molecule has 0 aliphatic heterocycles. The normalized spacial score (nSPS) is 9.50. The first-order valence-electron chi connectivity index (χ1n) is 4.51. The summed E-state index contributed by atoms with van der Waals surface area (Å²) >= 11 is 1.54. The lowest BCUT2D eigenvalue weighted by molar-refractivity contribution is 0.337. The summed E-state index contributed by atoms with van der Waals surface area (Å²) in [5, 5.41) is 8.44. The Kier molecular flexibility index (Phi) is 4.34. The van der Waals surface area contributed by atoms with Gasteiger partial charge in [0.1, 0.15) is 5.75 Å². The number of ether oxygens (including phenoxy) is 1. The topological polar surface area (TPSA) is 33.0 Å². The Hall–Kier alpha value is -1.14. The largest absolute Gasteiger partial charge is 0.494 e. The van der Waals surface area contributed by atoms with Crippen LogP contribution >= 0.6 is 11.8 Å². The molecule has 0 aliphatic rings. The van der Waals surface area contributed by atoms with Crippen LogP contribution in [0.5, 0.6) is 5.75 Å². The molecule has 14 heavy (non-hydrogen) atoms. The highest BCUT2D eigenvalue weighted by molar-refractivity contribution is 7.99. The maximum atomic E-state index is 8.44. The van der Waals surface area contributed by atoms with E-state index in [1.165, 1.54) is 0 Å². The molecule has 0 N–H and O–H groups in total. The lowest BCUT2D eigenvalue weighted by atomic mass is 10.2. The minimum atomic E-state index is 0.493. The van der Waals surface area contributed by atoms with E-state index in [2.05, 4.69) is 6.07 Å². The number of hydrogen-bond acceptors (Lipinski definition) is 3. The van der Waals surface area contributed by atoms with Crippen molar-refractivity contribution >= 4 is 11.8 Å². The zero-order valence-electron chi connectivity index (χ0n) is 8.41. The van der Waals surface area contributed by atoms with Gasteiger partial charge in [-0.2, -0.15) is 5.26 Å². The van der Waals surface area contributed by atoms with Crippen molar-refractivity contribution in [3.63, 3.8) is 0 Å². The molecule has 0 saturated heterocycles. The van der Waals surface area contributed by atoms with Gasteiger partial charge in [0.05, 0.1) is 18.4 Å². The summed E-state index contributed by atoms with van der Waals surface area (Å²) in [6, 6.07) is 8.10. The Morgan fingerprint density at radius 3 is 2.86 bits per heavy atom. The van der Waals surface area contributed by atoms with Crippen molar-refractivity contribution in [3.8, 4) is 11.8 Å². The quantitative estimate of drug-likeness (QED) is 0.711. The van der Waals surface area contributed by atoms with Crippen molar-refractivity contribution in [2.75, 3.05) is 12.4 Å². The Balaban J connectivity index is 2.74. The van der Waals surface area contributed by atoms with Gasteiger partial charge in [-0.15, -0.1) is 11.8 Å². The Bertz CT molecular complexity index is 344. The molecule has 0 unspecified atom stereocenters. The third kappa shape index (κ3) is 2.97. The van der Waals surface area contributed by atoms with Crippen LogP contribution in [0.15, 0.2) is 23.1 Å². The highest BCUT2D eigenvalue weighted by atomic mass is 32.2. The number of hydrogen-bond donors (Lipinski definition) is 0. The van der Waals surface area contributed by atoms with Gasteiger partial charge in [-0.1, -0.05) is 0 Å². The van der Waals surface area contributed by atoms with E-state index in [9.17, 15) is 0 Å². The van der Waals surface area contributed by atoms with E-state index >= 15 is 0 Å². The van der Waals surface area contributed by atoms with E-state index in [-0.39, 0.29) is 0 Å². The summed E-state index contributed by atoms with van der Waals surface area (Å²) in [5.74, 6) is 1.42. The van der Waals surface area contributed by atoms with Crippen LogP contribution in [0.25, 0.3) is 0 Å². The van der Waals surface area contributed by atoms with Crippen molar-refractivity contribution in [1.29, 1.82) is 5.26 Å². The van der Waals surface area contributed by atoms with Gasteiger partial charge >= 0.3 is 0 Å². The maximum absolute atomic E-state index is 8.44. The minimum absolute atomic E-state index is 0.493. The zero-order valence-corrected chi connectivity index (χ0v) is 9.23. The number of benzene rings is 1. The molecule has 1 rings (SSSR count). The van der Waals surface area contributed by atoms with Crippen LogP contribution in [0.4, 0.5) is 0 Å². The van der Waals surface area contributed by atoms with Crippen LogP contribution in [0.1, 0.15) is 12.5 Å². The molecule has 0 radical (unpaired) electrons. The van der Waals surface area contributed by atoms with Crippen LogP contribution in [0.3, 0.4) is 0 Å². The van der Waals surface area contributed by atoms with E-state index in [4.69, 9.17) is 10.00 Å². The molecule has 0 aliphatic carbocycles. The summed E-state index contributed by atoms with van der Waals surface area (Å²) in [5.41, 5.74) is 1.12. The van der Waals surface area contributed by atoms with E-state index in [0.29, 0.717) is 12.4 Å². The number of thioether (sulfide) groups is 1. The van der Waals surface area contributed by atoms with Gasteiger partial charge in [-0.3, -0.25) is 0 Å². The first kappa shape index (κ1) is 10.9. The third-order valence-corrected chi connectivity index (χ3v) is 2.61. The number of aryl methyl sites for hydroxylation is 1. The average molecular weight is 207 g/mol. The molecule has 0 bridgehead atoms. The van der Waals surface area contributed by atoms with Gasteiger partial charge in [-0.05, 0) is 37.6 Å². The highest BCUT2D eigenvalue weighted by Crippen LogP contribution is 2.25. The summed E-state index contributed by atoms with van der Waals surface area (Å²) in [6.45, 7) is 4.67. The fourth-order valence-corrected chi connectivity index (χ4v) is 1.80. The Morgan fingerprint density at radius 2 is 2.29 bits per heavy atom. The standard InChI is InChI=1S/C11H13NOS/c1-3-13-11-5-4-10(8-9(11)2)14-7-6-12/h4-5,8H,3,7H2,1-2H3. The van der Waals surface area contributed by atoms with E-state index in [0.717, 1.165) is 16.2 Å². The molecule has 0 saturated carbocycles. The summed E-state index contributed by atoms with van der Waals surface area (Å²) in [4.78, 5) is 1.12. The second-order valence-electron chi connectivity index (χ2n) is 2.81. The number of rotatable bonds is 4. The fourth-order valence-electron chi connectivity index (χ4n) is 1.14. The first-order chi connectivity index (χ1) is 6.77. The molecular formula is C11H13NOS. The van der Waals surface area contributed by atoms with E-state index < -0.39 is 0 Å². The molecule has 2 nitrogen and oxygen atoms in total. The SMILES string of the molecule is CCOc1ccc(SCC#N)cc1C. The summed E-state index contributed by atoms with van der Waals surface area (Å²) < 4.78 is 5.42. The third-order valence-electron chi connectivity index (χ3n) is 1.75. The number of nitriles is 1. The van der Waals surface area contributed by atoms with Crippen LogP contribution in [-0.4, -0.2) is 12.4 Å². The van der Waals surface area contributed by atoms with E-state index in [1.807, 2.05) is 32.0 Å². The number of nitrogens with zero attached hydrogens (tertiary/aromatic N) is 1. The molecule has 1 aromatic carbocycles. The van der Waals surface area contributed by atoms with Crippen molar-refractivity contribution in [2.45, 2.75) is 18.7 Å². The van der Waals surface area contributed by atoms with Gasteiger partial charge < -0.3 is 4.74 Å². The second kappa shape index (κ2) is 5.56. The predicted octanol–water partition coefficient (Wildman–Crippen LogP) is 3.01. The molecular weight excluding hydrogens is 194 g/mol. The van der Waals surface area contributed by atoms with Gasteiger partial charge in [0.25, 0.3) is 0 Å². The molecule has 0 fully saturated rings.